The van der Waals surface area contributed by atoms with Gasteiger partial charge in [-0.1, -0.05) is 56.4 Å². The van der Waals surface area contributed by atoms with Crippen LogP contribution in [-0.2, 0) is 0 Å². The zero-order valence-corrected chi connectivity index (χ0v) is 11.6. The van der Waals surface area contributed by atoms with Crippen LogP contribution in [0.1, 0.15) is 45.1 Å². The van der Waals surface area contributed by atoms with Gasteiger partial charge in [0.05, 0.1) is 11.9 Å². The Morgan fingerprint density at radius 3 is 2.50 bits per heavy atom. The second kappa shape index (κ2) is 7.49. The first kappa shape index (κ1) is 14.2. The summed E-state index contributed by atoms with van der Waals surface area (Å²) in [7, 11) is 0. The molecule has 1 rings (SSSR count). The van der Waals surface area contributed by atoms with E-state index in [-0.39, 0.29) is 0 Å². The summed E-state index contributed by atoms with van der Waals surface area (Å²) in [4.78, 5) is 7.75. The standard InChI is InChI=1S/C16H22N2/c1-5-7-8-9-11-14(10-6-2)15-12-17-16(18-15)13(3)4/h5-13H,1-4H3,(H,17,18)/b7-5-,9-8-,10-6+,14-11+. The molecule has 2 heteroatoms. The van der Waals surface area contributed by atoms with E-state index >= 15 is 0 Å². The van der Waals surface area contributed by atoms with Crippen LogP contribution in [0.25, 0.3) is 5.57 Å². The Hall–Kier alpha value is -1.83. The molecule has 0 aliphatic rings. The van der Waals surface area contributed by atoms with Gasteiger partial charge in [0.25, 0.3) is 0 Å². The smallest absolute Gasteiger partial charge is 0.109 e. The van der Waals surface area contributed by atoms with E-state index in [4.69, 9.17) is 0 Å². The van der Waals surface area contributed by atoms with Gasteiger partial charge in [0.2, 0.25) is 0 Å². The van der Waals surface area contributed by atoms with Crippen molar-refractivity contribution in [1.82, 2.24) is 9.97 Å². The van der Waals surface area contributed by atoms with E-state index in [0.29, 0.717) is 5.92 Å². The van der Waals surface area contributed by atoms with Crippen molar-refractivity contribution in [3.63, 3.8) is 0 Å². The Labute approximate surface area is 110 Å². The monoisotopic (exact) mass is 242 g/mol. The summed E-state index contributed by atoms with van der Waals surface area (Å²) < 4.78 is 0. The second-order valence-corrected chi connectivity index (χ2v) is 4.37. The maximum Gasteiger partial charge on any atom is 0.109 e. The van der Waals surface area contributed by atoms with Crippen molar-refractivity contribution >= 4 is 5.57 Å². The Kier molecular flexibility index (Phi) is 5.92. The molecule has 0 spiro atoms. The molecule has 1 aromatic rings. The third kappa shape index (κ3) is 4.21. The number of aromatic amines is 1. The molecule has 0 aromatic carbocycles. The van der Waals surface area contributed by atoms with Crippen molar-refractivity contribution in [2.24, 2.45) is 0 Å². The third-order valence-corrected chi connectivity index (χ3v) is 2.49. The number of hydrogen-bond donors (Lipinski definition) is 1. The Morgan fingerprint density at radius 1 is 1.17 bits per heavy atom. The lowest BCUT2D eigenvalue weighted by Crippen LogP contribution is -1.90. The Bertz CT molecular complexity index is 471. The van der Waals surface area contributed by atoms with Gasteiger partial charge in [0.1, 0.15) is 5.82 Å². The lowest BCUT2D eigenvalue weighted by molar-refractivity contribution is 0.793. The summed E-state index contributed by atoms with van der Waals surface area (Å²) in [6.45, 7) is 8.29. The van der Waals surface area contributed by atoms with Crippen LogP contribution in [0.15, 0.2) is 48.7 Å². The molecule has 0 radical (unpaired) electrons. The highest BCUT2D eigenvalue weighted by molar-refractivity contribution is 5.72. The summed E-state index contributed by atoms with van der Waals surface area (Å²) in [6.07, 6.45) is 16.2. The average Bonchev–Trinajstić information content (AvgIpc) is 2.82. The molecule has 0 saturated heterocycles. The number of rotatable bonds is 5. The van der Waals surface area contributed by atoms with Gasteiger partial charge in [-0.3, -0.25) is 0 Å². The highest BCUT2D eigenvalue weighted by Gasteiger charge is 2.05. The molecule has 96 valence electrons. The molecule has 0 aliphatic heterocycles. The number of aromatic nitrogens is 2. The lowest BCUT2D eigenvalue weighted by atomic mass is 10.1. The van der Waals surface area contributed by atoms with Gasteiger partial charge in [-0.15, -0.1) is 0 Å². The largest absolute Gasteiger partial charge is 0.342 e. The van der Waals surface area contributed by atoms with E-state index in [0.717, 1.165) is 17.1 Å². The lowest BCUT2D eigenvalue weighted by Gasteiger charge is -1.99. The van der Waals surface area contributed by atoms with Crippen LogP contribution < -0.4 is 0 Å². The minimum absolute atomic E-state index is 0.421. The first-order chi connectivity index (χ1) is 8.69. The first-order valence-electron chi connectivity index (χ1n) is 6.36. The summed E-state index contributed by atoms with van der Waals surface area (Å²) in [5, 5.41) is 0. The molecule has 0 amide bonds. The molecule has 0 saturated carbocycles. The second-order valence-electron chi connectivity index (χ2n) is 4.37. The van der Waals surface area contributed by atoms with Gasteiger partial charge in [0, 0.05) is 5.92 Å². The average molecular weight is 242 g/mol. The minimum atomic E-state index is 0.421. The molecule has 0 aliphatic carbocycles. The quantitative estimate of drug-likeness (QED) is 0.749. The summed E-state index contributed by atoms with van der Waals surface area (Å²) in [6, 6.07) is 0. The summed E-state index contributed by atoms with van der Waals surface area (Å²) >= 11 is 0. The van der Waals surface area contributed by atoms with Crippen LogP contribution in [0.4, 0.5) is 0 Å². The Balaban J connectivity index is 2.96. The number of hydrogen-bond acceptors (Lipinski definition) is 1. The molecule has 1 heterocycles. The zero-order chi connectivity index (χ0) is 13.4. The van der Waals surface area contributed by atoms with E-state index in [1.165, 1.54) is 0 Å². The van der Waals surface area contributed by atoms with Crippen LogP contribution in [0.5, 0.6) is 0 Å². The normalized spacial score (nSPS) is 13.7. The molecule has 18 heavy (non-hydrogen) atoms. The maximum absolute atomic E-state index is 4.39. The highest BCUT2D eigenvalue weighted by atomic mass is 14.9. The van der Waals surface area contributed by atoms with Crippen LogP contribution in [0, 0.1) is 0 Å². The maximum atomic E-state index is 4.39. The molecule has 1 aromatic heterocycles. The van der Waals surface area contributed by atoms with Crippen molar-refractivity contribution < 1.29 is 0 Å². The van der Waals surface area contributed by atoms with Gasteiger partial charge in [-0.05, 0) is 19.4 Å². The molecule has 0 fully saturated rings. The Morgan fingerprint density at radius 2 is 1.94 bits per heavy atom. The fourth-order valence-electron chi connectivity index (χ4n) is 1.53. The number of nitrogens with zero attached hydrogens (tertiary/aromatic N) is 1. The van der Waals surface area contributed by atoms with Crippen LogP contribution in [-0.4, -0.2) is 9.97 Å². The third-order valence-electron chi connectivity index (χ3n) is 2.49. The number of imidazole rings is 1. The summed E-state index contributed by atoms with van der Waals surface area (Å²) in [5.41, 5.74) is 2.19. The predicted molar refractivity (Wildman–Crippen MR) is 79.4 cm³/mol. The van der Waals surface area contributed by atoms with Crippen LogP contribution in [0.3, 0.4) is 0 Å². The van der Waals surface area contributed by atoms with E-state index in [9.17, 15) is 0 Å². The van der Waals surface area contributed by atoms with Gasteiger partial charge in [-0.2, -0.15) is 0 Å². The SMILES string of the molecule is C\C=C/C=C\C=C(/C=C/C)c1cnc(C(C)C)[nH]1. The van der Waals surface area contributed by atoms with Gasteiger partial charge >= 0.3 is 0 Å². The fourth-order valence-corrected chi connectivity index (χ4v) is 1.53. The molecule has 0 bridgehead atoms. The minimum Gasteiger partial charge on any atom is -0.342 e. The molecule has 2 nitrogen and oxygen atoms in total. The molecule has 0 unspecified atom stereocenters. The number of nitrogens with one attached hydrogen (secondary N) is 1. The summed E-state index contributed by atoms with van der Waals surface area (Å²) in [5.74, 6) is 1.45. The zero-order valence-electron chi connectivity index (χ0n) is 11.6. The van der Waals surface area contributed by atoms with Crippen LogP contribution in [0.2, 0.25) is 0 Å². The van der Waals surface area contributed by atoms with E-state index in [1.54, 1.807) is 0 Å². The van der Waals surface area contributed by atoms with Crippen molar-refractivity contribution in [3.8, 4) is 0 Å². The van der Waals surface area contributed by atoms with Crippen molar-refractivity contribution in [1.29, 1.82) is 0 Å². The van der Waals surface area contributed by atoms with Gasteiger partial charge in [0.15, 0.2) is 0 Å². The van der Waals surface area contributed by atoms with Gasteiger partial charge in [-0.25, -0.2) is 4.98 Å². The van der Waals surface area contributed by atoms with Crippen LogP contribution >= 0.6 is 0 Å². The predicted octanol–water partition coefficient (Wildman–Crippen LogP) is 4.62. The fraction of sp³-hybridized carbons (Fsp3) is 0.312. The number of H-pyrrole nitrogens is 1. The molecular weight excluding hydrogens is 220 g/mol. The van der Waals surface area contributed by atoms with E-state index < -0.39 is 0 Å². The first-order valence-corrected chi connectivity index (χ1v) is 6.36. The molecule has 1 N–H and O–H groups in total. The topological polar surface area (TPSA) is 28.7 Å². The van der Waals surface area contributed by atoms with Crippen molar-refractivity contribution in [3.05, 3.63) is 60.2 Å². The van der Waals surface area contributed by atoms with E-state index in [2.05, 4.69) is 36.0 Å². The molecule has 0 atom stereocenters. The van der Waals surface area contributed by atoms with Crippen molar-refractivity contribution in [2.75, 3.05) is 0 Å². The van der Waals surface area contributed by atoms with E-state index in [1.807, 2.05) is 50.4 Å². The highest BCUT2D eigenvalue weighted by Crippen LogP contribution is 2.17. The van der Waals surface area contributed by atoms with Gasteiger partial charge < -0.3 is 4.98 Å². The number of allylic oxidation sites excluding steroid dienone is 8. The van der Waals surface area contributed by atoms with Crippen molar-refractivity contribution in [2.45, 2.75) is 33.6 Å². The molecular formula is C16H22N2.